The van der Waals surface area contributed by atoms with Gasteiger partial charge in [-0.1, -0.05) is 23.4 Å². The lowest BCUT2D eigenvalue weighted by Gasteiger charge is -2.22. The molecule has 0 unspecified atom stereocenters. The molecule has 3 N–H and O–H groups in total. The Hall–Kier alpha value is -2.15. The molecule has 0 amide bonds. The van der Waals surface area contributed by atoms with Crippen LogP contribution < -0.4 is 10.6 Å². The molecule has 0 saturated carbocycles. The van der Waals surface area contributed by atoms with Crippen LogP contribution in [0.1, 0.15) is 6.42 Å². The van der Waals surface area contributed by atoms with E-state index in [1.807, 2.05) is 35.2 Å². The van der Waals surface area contributed by atoms with Crippen LogP contribution in [0.2, 0.25) is 0 Å². The average molecular weight is 336 g/mol. The van der Waals surface area contributed by atoms with Gasteiger partial charge in [0.1, 0.15) is 5.84 Å². The lowest BCUT2D eigenvalue weighted by Crippen LogP contribution is -2.25. The van der Waals surface area contributed by atoms with Gasteiger partial charge >= 0.3 is 0 Å². The van der Waals surface area contributed by atoms with Crippen LogP contribution in [0.3, 0.4) is 0 Å². The van der Waals surface area contributed by atoms with Gasteiger partial charge in [0.25, 0.3) is 0 Å². The van der Waals surface area contributed by atoms with Gasteiger partial charge in [0.15, 0.2) is 0 Å². The summed E-state index contributed by atoms with van der Waals surface area (Å²) in [6.45, 7) is 0.515. The van der Waals surface area contributed by atoms with E-state index in [9.17, 15) is 0 Å². The van der Waals surface area contributed by atoms with Crippen LogP contribution in [0.5, 0.6) is 0 Å². The summed E-state index contributed by atoms with van der Waals surface area (Å²) >= 11 is 3.31. The van der Waals surface area contributed by atoms with Crippen molar-refractivity contribution in [3.63, 3.8) is 0 Å². The van der Waals surface area contributed by atoms with E-state index in [4.69, 9.17) is 10.9 Å². The number of oxime groups is 1. The molecular formula is C13H14BrN5O. The molecule has 0 atom stereocenters. The third kappa shape index (κ3) is 3.67. The van der Waals surface area contributed by atoms with Crippen LogP contribution >= 0.6 is 15.9 Å². The molecule has 1 aromatic carbocycles. The molecule has 0 bridgehead atoms. The summed E-state index contributed by atoms with van der Waals surface area (Å²) in [6, 6.07) is 9.72. The second-order valence-corrected chi connectivity index (χ2v) is 4.95. The molecule has 104 valence electrons. The fourth-order valence-corrected chi connectivity index (χ4v) is 1.88. The van der Waals surface area contributed by atoms with E-state index in [0.717, 1.165) is 10.2 Å². The number of nitrogens with two attached hydrogens (primary N) is 1. The summed E-state index contributed by atoms with van der Waals surface area (Å²) in [4.78, 5) is 10.5. The van der Waals surface area contributed by atoms with Gasteiger partial charge in [-0.2, -0.15) is 0 Å². The van der Waals surface area contributed by atoms with Crippen molar-refractivity contribution in [1.82, 2.24) is 9.97 Å². The summed E-state index contributed by atoms with van der Waals surface area (Å²) in [7, 11) is 0. The molecule has 1 aromatic heterocycles. The first-order valence-electron chi connectivity index (χ1n) is 5.97. The average Bonchev–Trinajstić information content (AvgIpc) is 2.50. The van der Waals surface area contributed by atoms with Crippen LogP contribution in [0, 0.1) is 0 Å². The van der Waals surface area contributed by atoms with Crippen LogP contribution in [-0.4, -0.2) is 27.6 Å². The van der Waals surface area contributed by atoms with Gasteiger partial charge in [-0.15, -0.1) is 0 Å². The maximum absolute atomic E-state index is 8.63. The zero-order chi connectivity index (χ0) is 14.4. The van der Waals surface area contributed by atoms with Crippen LogP contribution in [0.25, 0.3) is 0 Å². The second-order valence-electron chi connectivity index (χ2n) is 4.03. The van der Waals surface area contributed by atoms with Gasteiger partial charge in [0.2, 0.25) is 5.95 Å². The maximum atomic E-state index is 8.63. The standard InChI is InChI=1S/C13H14BrN5O/c14-10-8-16-13(17-9-10)19(7-6-12(15)18-20)11-4-2-1-3-5-11/h1-5,8-9,20H,6-7H2,(H2,15,18). The van der Waals surface area contributed by atoms with E-state index in [0.29, 0.717) is 18.9 Å². The quantitative estimate of drug-likeness (QED) is 0.379. The van der Waals surface area contributed by atoms with Crippen molar-refractivity contribution < 1.29 is 5.21 Å². The van der Waals surface area contributed by atoms with Crippen molar-refractivity contribution in [2.24, 2.45) is 10.9 Å². The fourth-order valence-electron chi connectivity index (χ4n) is 1.67. The number of amidine groups is 1. The summed E-state index contributed by atoms with van der Waals surface area (Å²) in [5.41, 5.74) is 6.47. The number of para-hydroxylation sites is 1. The Morgan fingerprint density at radius 1 is 1.25 bits per heavy atom. The van der Waals surface area contributed by atoms with Gasteiger partial charge in [-0.25, -0.2) is 9.97 Å². The normalized spacial score (nSPS) is 11.3. The molecule has 2 rings (SSSR count). The minimum Gasteiger partial charge on any atom is -0.409 e. The Kier molecular flexibility index (Phi) is 4.89. The summed E-state index contributed by atoms with van der Waals surface area (Å²) in [5.74, 6) is 0.730. The molecule has 6 nitrogen and oxygen atoms in total. The van der Waals surface area contributed by atoms with Gasteiger partial charge in [0, 0.05) is 31.0 Å². The molecule has 0 fully saturated rings. The van der Waals surface area contributed by atoms with Crippen molar-refractivity contribution in [2.45, 2.75) is 6.42 Å². The predicted octanol–water partition coefficient (Wildman–Crippen LogP) is 2.51. The Morgan fingerprint density at radius 2 is 1.90 bits per heavy atom. The van der Waals surface area contributed by atoms with E-state index in [2.05, 4.69) is 31.1 Å². The van der Waals surface area contributed by atoms with E-state index >= 15 is 0 Å². The third-order valence-electron chi connectivity index (χ3n) is 2.64. The predicted molar refractivity (Wildman–Crippen MR) is 81.2 cm³/mol. The van der Waals surface area contributed by atoms with E-state index in [-0.39, 0.29) is 5.84 Å². The number of hydrogen-bond donors (Lipinski definition) is 2. The topological polar surface area (TPSA) is 87.6 Å². The SMILES string of the molecule is NC(CCN(c1ccccc1)c1ncc(Br)cn1)=NO. The zero-order valence-electron chi connectivity index (χ0n) is 10.6. The zero-order valence-corrected chi connectivity index (χ0v) is 12.2. The lowest BCUT2D eigenvalue weighted by molar-refractivity contribution is 0.317. The highest BCUT2D eigenvalue weighted by atomic mass is 79.9. The molecule has 2 aromatic rings. The van der Waals surface area contributed by atoms with Crippen molar-refractivity contribution in [2.75, 3.05) is 11.4 Å². The molecule has 20 heavy (non-hydrogen) atoms. The maximum Gasteiger partial charge on any atom is 0.229 e. The Bertz CT molecular complexity index is 573. The van der Waals surface area contributed by atoms with Crippen LogP contribution in [-0.2, 0) is 0 Å². The summed E-state index contributed by atoms with van der Waals surface area (Å²) in [6.07, 6.45) is 3.77. The molecular weight excluding hydrogens is 322 g/mol. The minimum atomic E-state index is 0.169. The Labute approximate surface area is 125 Å². The molecule has 0 saturated heterocycles. The number of benzene rings is 1. The number of rotatable bonds is 5. The van der Waals surface area contributed by atoms with Crippen molar-refractivity contribution in [3.8, 4) is 0 Å². The highest BCUT2D eigenvalue weighted by molar-refractivity contribution is 9.10. The van der Waals surface area contributed by atoms with Crippen molar-refractivity contribution in [3.05, 3.63) is 47.2 Å². The van der Waals surface area contributed by atoms with Gasteiger partial charge in [-0.3, -0.25) is 0 Å². The van der Waals surface area contributed by atoms with E-state index < -0.39 is 0 Å². The van der Waals surface area contributed by atoms with Gasteiger partial charge in [0.05, 0.1) is 4.47 Å². The summed E-state index contributed by atoms with van der Waals surface area (Å²) in [5, 5.41) is 11.6. The monoisotopic (exact) mass is 335 g/mol. The Balaban J connectivity index is 2.26. The smallest absolute Gasteiger partial charge is 0.229 e. The molecule has 0 aliphatic carbocycles. The minimum absolute atomic E-state index is 0.169. The van der Waals surface area contributed by atoms with Crippen molar-refractivity contribution >= 4 is 33.4 Å². The van der Waals surface area contributed by atoms with Crippen LogP contribution in [0.15, 0.2) is 52.4 Å². The molecule has 0 spiro atoms. The molecule has 0 aliphatic heterocycles. The number of halogens is 1. The number of aromatic nitrogens is 2. The van der Waals surface area contributed by atoms with Crippen molar-refractivity contribution in [1.29, 1.82) is 0 Å². The van der Waals surface area contributed by atoms with Crippen LogP contribution in [0.4, 0.5) is 11.6 Å². The molecule has 0 radical (unpaired) electrons. The first-order valence-corrected chi connectivity index (χ1v) is 6.76. The fraction of sp³-hybridized carbons (Fsp3) is 0.154. The highest BCUT2D eigenvalue weighted by Gasteiger charge is 2.12. The van der Waals surface area contributed by atoms with E-state index in [1.165, 1.54) is 0 Å². The molecule has 0 aliphatic rings. The highest BCUT2D eigenvalue weighted by Crippen LogP contribution is 2.22. The molecule has 7 heteroatoms. The number of hydrogen-bond acceptors (Lipinski definition) is 5. The lowest BCUT2D eigenvalue weighted by atomic mass is 10.2. The largest absolute Gasteiger partial charge is 0.409 e. The second kappa shape index (κ2) is 6.85. The van der Waals surface area contributed by atoms with E-state index in [1.54, 1.807) is 12.4 Å². The number of anilines is 2. The molecule has 1 heterocycles. The Morgan fingerprint density at radius 3 is 2.50 bits per heavy atom. The van der Waals surface area contributed by atoms with Gasteiger partial charge in [-0.05, 0) is 28.1 Å². The van der Waals surface area contributed by atoms with Gasteiger partial charge < -0.3 is 15.8 Å². The summed E-state index contributed by atoms with van der Waals surface area (Å²) < 4.78 is 0.811. The first kappa shape index (κ1) is 14.3. The third-order valence-corrected chi connectivity index (χ3v) is 3.05. The first-order chi connectivity index (χ1) is 9.70. The number of nitrogens with zero attached hydrogens (tertiary/aromatic N) is 4.